The fourth-order valence-electron chi connectivity index (χ4n) is 2.73. The number of thioether (sulfide) groups is 1. The van der Waals surface area contributed by atoms with Crippen LogP contribution < -0.4 is 11.3 Å². The molecule has 2 aliphatic rings. The standard InChI is InChI=1S/C12H24N2OS/c13-14-12(10-5-7-15-8-6-10)9-16-11-3-1-2-4-11/h10-12,14H,1-9,13H2. The van der Waals surface area contributed by atoms with Crippen LogP contribution in [0.15, 0.2) is 0 Å². The highest BCUT2D eigenvalue weighted by Gasteiger charge is 2.25. The lowest BCUT2D eigenvalue weighted by atomic mass is 9.93. The summed E-state index contributed by atoms with van der Waals surface area (Å²) in [6, 6.07) is 0.481. The number of nitrogens with one attached hydrogen (secondary N) is 1. The molecule has 94 valence electrons. The van der Waals surface area contributed by atoms with Crippen molar-refractivity contribution < 1.29 is 4.74 Å². The van der Waals surface area contributed by atoms with Gasteiger partial charge in [0.2, 0.25) is 0 Å². The van der Waals surface area contributed by atoms with E-state index in [-0.39, 0.29) is 0 Å². The van der Waals surface area contributed by atoms with E-state index in [9.17, 15) is 0 Å². The minimum absolute atomic E-state index is 0.481. The second-order valence-corrected chi connectivity index (χ2v) is 6.30. The first-order valence-electron chi connectivity index (χ1n) is 6.55. The van der Waals surface area contributed by atoms with Crippen LogP contribution in [0.5, 0.6) is 0 Å². The van der Waals surface area contributed by atoms with Crippen LogP contribution >= 0.6 is 11.8 Å². The van der Waals surface area contributed by atoms with Gasteiger partial charge in [0.1, 0.15) is 0 Å². The Morgan fingerprint density at radius 3 is 2.50 bits per heavy atom. The predicted octanol–water partition coefficient (Wildman–Crippen LogP) is 1.92. The van der Waals surface area contributed by atoms with Gasteiger partial charge in [-0.3, -0.25) is 11.3 Å². The number of hydrogen-bond donors (Lipinski definition) is 2. The van der Waals surface area contributed by atoms with E-state index in [4.69, 9.17) is 10.6 Å². The molecular formula is C12H24N2OS. The second kappa shape index (κ2) is 6.84. The summed E-state index contributed by atoms with van der Waals surface area (Å²) in [5.41, 5.74) is 3.02. The van der Waals surface area contributed by atoms with Crippen LogP contribution in [0.3, 0.4) is 0 Å². The Bertz CT molecular complexity index is 191. The van der Waals surface area contributed by atoms with Gasteiger partial charge in [0.25, 0.3) is 0 Å². The quantitative estimate of drug-likeness (QED) is 0.573. The first-order chi connectivity index (χ1) is 7.90. The third kappa shape index (κ3) is 3.62. The molecule has 16 heavy (non-hydrogen) atoms. The largest absolute Gasteiger partial charge is 0.381 e. The molecule has 1 unspecified atom stereocenters. The maximum atomic E-state index is 5.68. The highest BCUT2D eigenvalue weighted by atomic mass is 32.2. The summed E-state index contributed by atoms with van der Waals surface area (Å²) in [4.78, 5) is 0. The zero-order chi connectivity index (χ0) is 11.2. The molecule has 1 saturated heterocycles. The van der Waals surface area contributed by atoms with Gasteiger partial charge in [-0.05, 0) is 31.6 Å². The third-order valence-electron chi connectivity index (χ3n) is 3.86. The maximum Gasteiger partial charge on any atom is 0.0469 e. The minimum Gasteiger partial charge on any atom is -0.381 e. The molecular weight excluding hydrogens is 220 g/mol. The maximum absolute atomic E-state index is 5.68. The topological polar surface area (TPSA) is 47.3 Å². The van der Waals surface area contributed by atoms with Crippen LogP contribution in [0.4, 0.5) is 0 Å². The Morgan fingerprint density at radius 1 is 1.19 bits per heavy atom. The Hall–Kier alpha value is 0.230. The van der Waals surface area contributed by atoms with E-state index in [1.54, 1.807) is 0 Å². The van der Waals surface area contributed by atoms with Crippen LogP contribution in [0.1, 0.15) is 38.5 Å². The molecule has 1 aliphatic carbocycles. The van der Waals surface area contributed by atoms with Crippen molar-refractivity contribution in [3.8, 4) is 0 Å². The molecule has 1 heterocycles. The number of rotatable bonds is 5. The highest BCUT2D eigenvalue weighted by molar-refractivity contribution is 7.99. The molecule has 4 heteroatoms. The van der Waals surface area contributed by atoms with E-state index >= 15 is 0 Å². The lowest BCUT2D eigenvalue weighted by molar-refractivity contribution is 0.0566. The molecule has 3 N–H and O–H groups in total. The van der Waals surface area contributed by atoms with Crippen molar-refractivity contribution in [2.75, 3.05) is 19.0 Å². The summed E-state index contributed by atoms with van der Waals surface area (Å²) in [6.45, 7) is 1.83. The van der Waals surface area contributed by atoms with Crippen molar-refractivity contribution in [2.45, 2.75) is 49.8 Å². The minimum atomic E-state index is 0.481. The molecule has 1 atom stereocenters. The van der Waals surface area contributed by atoms with Gasteiger partial charge in [-0.15, -0.1) is 0 Å². The van der Waals surface area contributed by atoms with Crippen LogP contribution in [0, 0.1) is 5.92 Å². The van der Waals surface area contributed by atoms with Crippen molar-refractivity contribution in [1.29, 1.82) is 0 Å². The van der Waals surface area contributed by atoms with Crippen molar-refractivity contribution in [3.05, 3.63) is 0 Å². The van der Waals surface area contributed by atoms with Crippen molar-refractivity contribution in [2.24, 2.45) is 11.8 Å². The van der Waals surface area contributed by atoms with Crippen LogP contribution in [0.2, 0.25) is 0 Å². The normalized spacial score (nSPS) is 26.1. The number of hydrogen-bond acceptors (Lipinski definition) is 4. The summed E-state index contributed by atoms with van der Waals surface area (Å²) in [7, 11) is 0. The zero-order valence-electron chi connectivity index (χ0n) is 9.99. The summed E-state index contributed by atoms with van der Waals surface area (Å²) < 4.78 is 5.40. The van der Waals surface area contributed by atoms with E-state index in [0.717, 1.165) is 18.5 Å². The van der Waals surface area contributed by atoms with Gasteiger partial charge < -0.3 is 4.74 Å². The molecule has 3 nitrogen and oxygen atoms in total. The van der Waals surface area contributed by atoms with Crippen molar-refractivity contribution in [1.82, 2.24) is 5.43 Å². The van der Waals surface area contributed by atoms with Gasteiger partial charge in [0.05, 0.1) is 0 Å². The Labute approximate surface area is 103 Å². The second-order valence-electron chi connectivity index (χ2n) is 4.96. The highest BCUT2D eigenvalue weighted by Crippen LogP contribution is 2.31. The Kier molecular flexibility index (Phi) is 5.42. The zero-order valence-corrected chi connectivity index (χ0v) is 10.8. The fraction of sp³-hybridized carbons (Fsp3) is 1.00. The first kappa shape index (κ1) is 12.7. The smallest absolute Gasteiger partial charge is 0.0469 e. The van der Waals surface area contributed by atoms with E-state index < -0.39 is 0 Å². The van der Waals surface area contributed by atoms with Gasteiger partial charge in [-0.2, -0.15) is 11.8 Å². The van der Waals surface area contributed by atoms with Crippen molar-refractivity contribution in [3.63, 3.8) is 0 Å². The van der Waals surface area contributed by atoms with E-state index in [0.29, 0.717) is 12.0 Å². The van der Waals surface area contributed by atoms with Gasteiger partial charge in [0, 0.05) is 30.3 Å². The average Bonchev–Trinajstić information content (AvgIpc) is 2.84. The summed E-state index contributed by atoms with van der Waals surface area (Å²) in [6.07, 6.45) is 8.01. The summed E-state index contributed by atoms with van der Waals surface area (Å²) in [5.74, 6) is 7.57. The summed E-state index contributed by atoms with van der Waals surface area (Å²) >= 11 is 2.13. The van der Waals surface area contributed by atoms with E-state index in [1.165, 1.54) is 44.3 Å². The summed E-state index contributed by atoms with van der Waals surface area (Å²) in [5, 5.41) is 0.899. The number of ether oxygens (including phenoxy) is 1. The van der Waals surface area contributed by atoms with Crippen LogP contribution in [-0.2, 0) is 4.74 Å². The fourth-order valence-corrected chi connectivity index (χ4v) is 4.25. The van der Waals surface area contributed by atoms with Crippen molar-refractivity contribution >= 4 is 11.8 Å². The van der Waals surface area contributed by atoms with Crippen LogP contribution in [-0.4, -0.2) is 30.3 Å². The van der Waals surface area contributed by atoms with Crippen LogP contribution in [0.25, 0.3) is 0 Å². The molecule has 2 rings (SSSR count). The average molecular weight is 244 g/mol. The number of hydrazine groups is 1. The van der Waals surface area contributed by atoms with Gasteiger partial charge in [0.15, 0.2) is 0 Å². The molecule has 1 aliphatic heterocycles. The molecule has 0 spiro atoms. The molecule has 0 bridgehead atoms. The molecule has 0 aromatic carbocycles. The monoisotopic (exact) mass is 244 g/mol. The molecule has 0 aromatic rings. The lowest BCUT2D eigenvalue weighted by Crippen LogP contribution is -2.44. The van der Waals surface area contributed by atoms with Gasteiger partial charge in [-0.1, -0.05) is 12.8 Å². The molecule has 2 fully saturated rings. The van der Waals surface area contributed by atoms with Gasteiger partial charge >= 0.3 is 0 Å². The number of nitrogens with two attached hydrogens (primary N) is 1. The molecule has 0 amide bonds. The third-order valence-corrected chi connectivity index (χ3v) is 5.36. The predicted molar refractivity (Wildman–Crippen MR) is 69.4 cm³/mol. The molecule has 1 saturated carbocycles. The lowest BCUT2D eigenvalue weighted by Gasteiger charge is -2.30. The van der Waals surface area contributed by atoms with Gasteiger partial charge in [-0.25, -0.2) is 0 Å². The van der Waals surface area contributed by atoms with E-state index in [1.807, 2.05) is 0 Å². The first-order valence-corrected chi connectivity index (χ1v) is 7.60. The SMILES string of the molecule is NNC(CSC1CCCC1)C1CCOCC1. The Morgan fingerprint density at radius 2 is 1.88 bits per heavy atom. The molecule has 0 aromatic heterocycles. The molecule has 0 radical (unpaired) electrons. The van der Waals surface area contributed by atoms with E-state index in [2.05, 4.69) is 17.2 Å². The Balaban J connectivity index is 1.70.